The Morgan fingerprint density at radius 2 is 2.40 bits per heavy atom. The molecule has 0 aliphatic carbocycles. The Bertz CT molecular complexity index is 321. The maximum Gasteiger partial charge on any atom is 0.243 e. The summed E-state index contributed by atoms with van der Waals surface area (Å²) in [5.41, 5.74) is 0. The highest BCUT2D eigenvalue weighted by atomic mass is 15.2. The Balaban J connectivity index is 0.000000187. The highest BCUT2D eigenvalue weighted by Gasteiger charge is 1.96. The first-order chi connectivity index (χ1) is 7.33. The Kier molecular flexibility index (Phi) is 5.14. The van der Waals surface area contributed by atoms with Crippen LogP contribution in [-0.2, 0) is 13.6 Å². The molecule has 0 fully saturated rings. The van der Waals surface area contributed by atoms with Crippen LogP contribution in [-0.4, -0.2) is 19.7 Å². The number of H-pyrrole nitrogens is 1. The van der Waals surface area contributed by atoms with E-state index in [1.165, 1.54) is 19.2 Å². The van der Waals surface area contributed by atoms with Crippen LogP contribution in [0.2, 0.25) is 0 Å². The minimum Gasteiger partial charge on any atom is -0.421 e. The van der Waals surface area contributed by atoms with Gasteiger partial charge in [-0.15, -0.1) is 0 Å². The van der Waals surface area contributed by atoms with Gasteiger partial charge in [-0.3, -0.25) is 5.10 Å². The summed E-state index contributed by atoms with van der Waals surface area (Å²) in [6.07, 6.45) is 12.6. The molecule has 82 valence electrons. The van der Waals surface area contributed by atoms with Gasteiger partial charge in [-0.1, -0.05) is 13.3 Å². The van der Waals surface area contributed by atoms with E-state index >= 15 is 0 Å². The number of aromatic amines is 1. The molecule has 0 aromatic carbocycles. The average Bonchev–Trinajstić information content (AvgIpc) is 2.88. The predicted octanol–water partition coefficient (Wildman–Crippen LogP) is 0.718. The van der Waals surface area contributed by atoms with Crippen LogP contribution in [0.5, 0.6) is 0 Å². The first-order valence-electron chi connectivity index (χ1n) is 5.05. The van der Waals surface area contributed by atoms with Crippen molar-refractivity contribution in [2.75, 3.05) is 0 Å². The number of hydrogen-bond acceptors (Lipinski definition) is 2. The van der Waals surface area contributed by atoms with Crippen LogP contribution in [0.1, 0.15) is 19.8 Å². The van der Waals surface area contributed by atoms with Crippen molar-refractivity contribution >= 4 is 0 Å². The van der Waals surface area contributed by atoms with E-state index in [0.717, 1.165) is 6.54 Å². The van der Waals surface area contributed by atoms with Crippen molar-refractivity contribution in [3.63, 3.8) is 0 Å². The second-order valence-electron chi connectivity index (χ2n) is 3.27. The van der Waals surface area contributed by atoms with Crippen molar-refractivity contribution in [2.24, 2.45) is 7.05 Å². The lowest BCUT2D eigenvalue weighted by Gasteiger charge is -1.90. The van der Waals surface area contributed by atoms with Crippen molar-refractivity contribution in [2.45, 2.75) is 26.3 Å². The fourth-order valence-electron chi connectivity index (χ4n) is 1.12. The zero-order valence-corrected chi connectivity index (χ0v) is 9.22. The van der Waals surface area contributed by atoms with Gasteiger partial charge < -0.3 is 10.1 Å². The lowest BCUT2D eigenvalue weighted by Crippen LogP contribution is -2.23. The van der Waals surface area contributed by atoms with Crippen LogP contribution in [0, 0.1) is 6.33 Å². The smallest absolute Gasteiger partial charge is 0.243 e. The molecule has 0 saturated heterocycles. The molecule has 15 heavy (non-hydrogen) atoms. The van der Waals surface area contributed by atoms with E-state index in [4.69, 9.17) is 0 Å². The summed E-state index contributed by atoms with van der Waals surface area (Å²) in [6, 6.07) is 0. The third-order valence-electron chi connectivity index (χ3n) is 1.89. The summed E-state index contributed by atoms with van der Waals surface area (Å²) < 4.78 is 4.28. The number of aryl methyl sites for hydroxylation is 2. The Morgan fingerprint density at radius 3 is 2.80 bits per heavy atom. The Labute approximate surface area is 89.8 Å². The molecule has 5 nitrogen and oxygen atoms in total. The number of hydrogen-bond donors (Lipinski definition) is 1. The molecule has 0 amide bonds. The summed E-state index contributed by atoms with van der Waals surface area (Å²) in [4.78, 5) is 3.43. The van der Waals surface area contributed by atoms with Crippen LogP contribution >= 0.6 is 0 Å². The van der Waals surface area contributed by atoms with E-state index in [2.05, 4.69) is 56.3 Å². The zero-order chi connectivity index (χ0) is 10.9. The summed E-state index contributed by atoms with van der Waals surface area (Å²) in [5.74, 6) is 0. The van der Waals surface area contributed by atoms with Crippen molar-refractivity contribution in [3.8, 4) is 0 Å². The fraction of sp³-hybridized carbons (Fsp3) is 0.500. The van der Waals surface area contributed by atoms with Crippen molar-refractivity contribution < 1.29 is 4.57 Å². The van der Waals surface area contributed by atoms with Crippen molar-refractivity contribution in [1.29, 1.82) is 0 Å². The summed E-state index contributed by atoms with van der Waals surface area (Å²) >= 11 is 0. The molecule has 2 rings (SSSR count). The van der Waals surface area contributed by atoms with Crippen LogP contribution in [0.3, 0.4) is 0 Å². The molecule has 2 aromatic rings. The lowest BCUT2D eigenvalue weighted by atomic mass is 10.3. The molecule has 0 bridgehead atoms. The Morgan fingerprint density at radius 1 is 1.53 bits per heavy atom. The van der Waals surface area contributed by atoms with Gasteiger partial charge in [-0.05, 0) is 19.1 Å². The lowest BCUT2D eigenvalue weighted by molar-refractivity contribution is -0.671. The molecule has 0 aliphatic rings. The maximum absolute atomic E-state index is 3.43. The van der Waals surface area contributed by atoms with E-state index in [-0.39, 0.29) is 0 Å². The molecule has 1 N–H and O–H groups in total. The molecule has 0 aliphatic heterocycles. The van der Waals surface area contributed by atoms with Crippen LogP contribution in [0.4, 0.5) is 0 Å². The van der Waals surface area contributed by atoms with Gasteiger partial charge in [0.15, 0.2) is 0 Å². The standard InChI is InChI=1S/C8H15N2.C2H2N3/c1-3-4-5-10-7-6-9(2)8-10;1-3-2-5-4-1/h6-8H,3-5H2,1-2H3;1H,(H,3,4,5)/q+1;-1. The summed E-state index contributed by atoms with van der Waals surface area (Å²) in [7, 11) is 2.04. The summed E-state index contributed by atoms with van der Waals surface area (Å²) in [6.45, 7) is 3.36. The minimum absolute atomic E-state index is 1.15. The van der Waals surface area contributed by atoms with Gasteiger partial charge >= 0.3 is 0 Å². The quantitative estimate of drug-likeness (QED) is 0.595. The number of unbranched alkanes of at least 4 members (excludes halogenated alkanes) is 1. The highest BCUT2D eigenvalue weighted by Crippen LogP contribution is 1.91. The monoisotopic (exact) mass is 207 g/mol. The topological polar surface area (TPSA) is 50.4 Å². The predicted molar refractivity (Wildman–Crippen MR) is 55.7 cm³/mol. The molecule has 0 spiro atoms. The van der Waals surface area contributed by atoms with Gasteiger partial charge in [0.25, 0.3) is 0 Å². The van der Waals surface area contributed by atoms with Gasteiger partial charge in [0.05, 0.1) is 13.6 Å². The molecule has 0 saturated carbocycles. The third kappa shape index (κ3) is 4.95. The SMILES string of the molecule is CCCCn1cc[n+](C)c1.[c-]1nc[nH]n1. The van der Waals surface area contributed by atoms with Crippen LogP contribution in [0.15, 0.2) is 25.0 Å². The number of aromatic nitrogens is 5. The highest BCUT2D eigenvalue weighted by molar-refractivity contribution is 4.65. The fourth-order valence-corrected chi connectivity index (χ4v) is 1.12. The van der Waals surface area contributed by atoms with E-state index in [1.807, 2.05) is 7.05 Å². The number of rotatable bonds is 3. The molecule has 0 unspecified atom stereocenters. The van der Waals surface area contributed by atoms with E-state index in [9.17, 15) is 0 Å². The van der Waals surface area contributed by atoms with Gasteiger partial charge in [0.2, 0.25) is 6.33 Å². The average molecular weight is 207 g/mol. The molecular weight excluding hydrogens is 190 g/mol. The normalized spacial score (nSPS) is 9.47. The van der Waals surface area contributed by atoms with Crippen LogP contribution in [0.25, 0.3) is 0 Å². The second kappa shape index (κ2) is 6.75. The maximum atomic E-state index is 3.43. The molecule has 2 aromatic heterocycles. The van der Waals surface area contributed by atoms with E-state index < -0.39 is 0 Å². The van der Waals surface area contributed by atoms with Gasteiger partial charge in [0.1, 0.15) is 12.4 Å². The molecule has 2 heterocycles. The van der Waals surface area contributed by atoms with Crippen molar-refractivity contribution in [3.05, 3.63) is 31.4 Å². The van der Waals surface area contributed by atoms with E-state index in [1.54, 1.807) is 0 Å². The van der Waals surface area contributed by atoms with Gasteiger partial charge in [0, 0.05) is 0 Å². The minimum atomic E-state index is 1.15. The van der Waals surface area contributed by atoms with Crippen LogP contribution < -0.4 is 4.57 Å². The van der Waals surface area contributed by atoms with Gasteiger partial charge in [-0.2, -0.15) is 0 Å². The van der Waals surface area contributed by atoms with Crippen molar-refractivity contribution in [1.82, 2.24) is 19.7 Å². The second-order valence-corrected chi connectivity index (χ2v) is 3.27. The first kappa shape index (κ1) is 11.4. The molecule has 0 radical (unpaired) electrons. The van der Waals surface area contributed by atoms with E-state index in [0.29, 0.717) is 0 Å². The largest absolute Gasteiger partial charge is 0.421 e. The van der Waals surface area contributed by atoms with Gasteiger partial charge in [-0.25, -0.2) is 9.13 Å². The number of nitrogens with zero attached hydrogens (tertiary/aromatic N) is 4. The molecule has 5 heteroatoms. The number of nitrogens with one attached hydrogen (secondary N) is 1. The third-order valence-corrected chi connectivity index (χ3v) is 1.89. The zero-order valence-electron chi connectivity index (χ0n) is 9.22. The first-order valence-corrected chi connectivity index (χ1v) is 5.05. The molecule has 0 atom stereocenters. The summed E-state index contributed by atoms with van der Waals surface area (Å²) in [5, 5.41) is 5.81. The number of imidazole rings is 1. The molecular formula is C10H17N5. The Hall–Kier alpha value is -1.65.